The summed E-state index contributed by atoms with van der Waals surface area (Å²) in [6.45, 7) is 0.868. The van der Waals surface area contributed by atoms with Crippen LogP contribution in [-0.2, 0) is 11.4 Å². The average molecular weight is 377 g/mol. The number of hydrogen-bond donors (Lipinski definition) is 1. The summed E-state index contributed by atoms with van der Waals surface area (Å²) in [6.07, 6.45) is 2.88. The third-order valence-corrected chi connectivity index (χ3v) is 4.94. The van der Waals surface area contributed by atoms with E-state index in [-0.39, 0.29) is 25.0 Å². The minimum absolute atomic E-state index is 0.117. The number of piperidine rings is 1. The molecule has 0 saturated carbocycles. The number of likely N-dealkylation sites (tertiary alicyclic amines) is 1. The van der Waals surface area contributed by atoms with Crippen molar-refractivity contribution in [1.82, 2.24) is 4.90 Å². The molecule has 6 heteroatoms. The molecule has 2 aromatic carbocycles. The minimum Gasteiger partial charge on any atom is -0.489 e. The quantitative estimate of drug-likeness (QED) is 0.837. The molecule has 1 saturated heterocycles. The first-order chi connectivity index (χ1) is 13.6. The number of carbonyl (C=O) groups excluding carboxylic acids is 2. The third kappa shape index (κ3) is 4.68. The van der Waals surface area contributed by atoms with Gasteiger partial charge in [0.05, 0.1) is 11.6 Å². The van der Waals surface area contributed by atoms with Crippen molar-refractivity contribution in [3.8, 4) is 11.8 Å². The number of ether oxygens (including phenoxy) is 1. The number of nitrogens with zero attached hydrogens (tertiary/aromatic N) is 2. The molecule has 0 spiro atoms. The van der Waals surface area contributed by atoms with Crippen molar-refractivity contribution < 1.29 is 14.3 Å². The maximum Gasteiger partial charge on any atom is 0.254 e. The molecule has 1 heterocycles. The van der Waals surface area contributed by atoms with Gasteiger partial charge < -0.3 is 15.4 Å². The van der Waals surface area contributed by atoms with E-state index in [4.69, 9.17) is 10.5 Å². The summed E-state index contributed by atoms with van der Waals surface area (Å²) in [5, 5.41) is 9.18. The van der Waals surface area contributed by atoms with Crippen LogP contribution in [0.15, 0.2) is 48.5 Å². The Morgan fingerprint density at radius 1 is 1.18 bits per heavy atom. The second kappa shape index (κ2) is 9.05. The molecule has 144 valence electrons. The van der Waals surface area contributed by atoms with Gasteiger partial charge in [0.1, 0.15) is 12.4 Å². The summed E-state index contributed by atoms with van der Waals surface area (Å²) >= 11 is 0. The van der Waals surface area contributed by atoms with Gasteiger partial charge in [-0.05, 0) is 43.5 Å². The summed E-state index contributed by atoms with van der Waals surface area (Å²) in [5.41, 5.74) is 7.22. The highest BCUT2D eigenvalue weighted by molar-refractivity contribution is 5.95. The Bertz CT molecular complexity index is 904. The van der Waals surface area contributed by atoms with Crippen molar-refractivity contribution in [2.24, 2.45) is 5.73 Å². The first-order valence-corrected chi connectivity index (χ1v) is 9.38. The lowest BCUT2D eigenvalue weighted by molar-refractivity contribution is -0.119. The molecule has 6 nitrogen and oxygen atoms in total. The highest BCUT2D eigenvalue weighted by Gasteiger charge is 2.28. The molecule has 1 unspecified atom stereocenters. The first kappa shape index (κ1) is 19.4. The number of carbonyl (C=O) groups is 2. The normalized spacial score (nSPS) is 16.2. The van der Waals surface area contributed by atoms with E-state index in [1.807, 2.05) is 18.2 Å². The highest BCUT2D eigenvalue weighted by atomic mass is 16.5. The van der Waals surface area contributed by atoms with Crippen LogP contribution < -0.4 is 10.5 Å². The minimum atomic E-state index is -0.391. The highest BCUT2D eigenvalue weighted by Crippen LogP contribution is 2.24. The average Bonchev–Trinajstić information content (AvgIpc) is 2.72. The van der Waals surface area contributed by atoms with Crippen LogP contribution in [0.2, 0.25) is 0 Å². The van der Waals surface area contributed by atoms with Gasteiger partial charge in [-0.3, -0.25) is 9.59 Å². The summed E-state index contributed by atoms with van der Waals surface area (Å²) in [6, 6.07) is 16.2. The van der Waals surface area contributed by atoms with Gasteiger partial charge >= 0.3 is 0 Å². The van der Waals surface area contributed by atoms with Gasteiger partial charge in [-0.1, -0.05) is 24.3 Å². The van der Waals surface area contributed by atoms with Gasteiger partial charge in [-0.15, -0.1) is 0 Å². The van der Waals surface area contributed by atoms with Gasteiger partial charge in [0.15, 0.2) is 0 Å². The van der Waals surface area contributed by atoms with Gasteiger partial charge in [0, 0.05) is 30.1 Å². The van der Waals surface area contributed by atoms with Gasteiger partial charge in [0.25, 0.3) is 5.91 Å². The molecule has 1 aliphatic rings. The largest absolute Gasteiger partial charge is 0.489 e. The molecule has 0 aromatic heterocycles. The molecule has 2 amide bonds. The predicted molar refractivity (Wildman–Crippen MR) is 104 cm³/mol. The van der Waals surface area contributed by atoms with Crippen LogP contribution >= 0.6 is 0 Å². The second-order valence-electron chi connectivity index (χ2n) is 6.90. The van der Waals surface area contributed by atoms with Crippen LogP contribution in [0.3, 0.4) is 0 Å². The van der Waals surface area contributed by atoms with Crippen molar-refractivity contribution >= 4 is 11.8 Å². The lowest BCUT2D eigenvalue weighted by Gasteiger charge is -2.35. The van der Waals surface area contributed by atoms with Crippen LogP contribution in [0.1, 0.15) is 47.2 Å². The van der Waals surface area contributed by atoms with Gasteiger partial charge in [0.2, 0.25) is 5.91 Å². The van der Waals surface area contributed by atoms with Gasteiger partial charge in [-0.25, -0.2) is 0 Å². The monoisotopic (exact) mass is 377 g/mol. The standard InChI is InChI=1S/C22H23N3O3/c23-14-17-6-1-2-7-18(17)15-28-20-10-5-8-16(12-20)22(27)25-11-4-3-9-19(25)13-21(24)26/h1-2,5-8,10,12,19H,3-4,9,11,13,15H2,(H2,24,26). The summed E-state index contributed by atoms with van der Waals surface area (Å²) in [5.74, 6) is 0.0498. The first-order valence-electron chi connectivity index (χ1n) is 9.38. The van der Waals surface area contributed by atoms with E-state index in [9.17, 15) is 14.9 Å². The molecule has 0 radical (unpaired) electrons. The number of primary amides is 1. The van der Waals surface area contributed by atoms with E-state index >= 15 is 0 Å². The molecular formula is C22H23N3O3. The second-order valence-corrected chi connectivity index (χ2v) is 6.90. The number of benzene rings is 2. The fourth-order valence-corrected chi connectivity index (χ4v) is 3.51. The SMILES string of the molecule is N#Cc1ccccc1COc1cccc(C(=O)N2CCCCC2CC(N)=O)c1. The molecule has 1 atom stereocenters. The zero-order chi connectivity index (χ0) is 19.9. The molecule has 0 aliphatic carbocycles. The maximum atomic E-state index is 13.0. The van der Waals surface area contributed by atoms with E-state index in [2.05, 4.69) is 6.07 Å². The summed E-state index contributed by atoms with van der Waals surface area (Å²) in [4.78, 5) is 26.1. The molecule has 2 N–H and O–H groups in total. The van der Waals surface area contributed by atoms with Crippen LogP contribution in [0.25, 0.3) is 0 Å². The Hall–Kier alpha value is -3.33. The van der Waals surface area contributed by atoms with Gasteiger partial charge in [-0.2, -0.15) is 5.26 Å². The lowest BCUT2D eigenvalue weighted by atomic mass is 9.98. The zero-order valence-electron chi connectivity index (χ0n) is 15.6. The number of rotatable bonds is 6. The number of nitriles is 1. The van der Waals surface area contributed by atoms with E-state index in [0.717, 1.165) is 24.8 Å². The maximum absolute atomic E-state index is 13.0. The van der Waals surface area contributed by atoms with E-state index in [1.165, 1.54) is 0 Å². The predicted octanol–water partition coefficient (Wildman–Crippen LogP) is 3.01. The van der Waals surface area contributed by atoms with Crippen molar-refractivity contribution in [2.75, 3.05) is 6.54 Å². The Morgan fingerprint density at radius 2 is 2.00 bits per heavy atom. The third-order valence-electron chi connectivity index (χ3n) is 4.94. The Labute approximate surface area is 164 Å². The topological polar surface area (TPSA) is 96.4 Å². The van der Waals surface area contributed by atoms with Crippen molar-refractivity contribution in [3.63, 3.8) is 0 Å². The smallest absolute Gasteiger partial charge is 0.254 e. The molecule has 3 rings (SSSR count). The molecule has 0 bridgehead atoms. The van der Waals surface area contributed by atoms with Crippen molar-refractivity contribution in [3.05, 3.63) is 65.2 Å². The van der Waals surface area contributed by atoms with Crippen LogP contribution in [0.5, 0.6) is 5.75 Å². The molecule has 1 aliphatic heterocycles. The van der Waals surface area contributed by atoms with Crippen molar-refractivity contribution in [2.45, 2.75) is 38.3 Å². The molecule has 2 aromatic rings. The van der Waals surface area contributed by atoms with E-state index in [1.54, 1.807) is 35.2 Å². The van der Waals surface area contributed by atoms with E-state index < -0.39 is 5.91 Å². The summed E-state index contributed by atoms with van der Waals surface area (Å²) < 4.78 is 5.81. The zero-order valence-corrected chi connectivity index (χ0v) is 15.6. The fraction of sp³-hybridized carbons (Fsp3) is 0.318. The Balaban J connectivity index is 1.72. The van der Waals surface area contributed by atoms with Crippen molar-refractivity contribution in [1.29, 1.82) is 5.26 Å². The lowest BCUT2D eigenvalue weighted by Crippen LogP contribution is -2.45. The van der Waals surface area contributed by atoms with Crippen LogP contribution in [0, 0.1) is 11.3 Å². The summed E-state index contributed by atoms with van der Waals surface area (Å²) in [7, 11) is 0. The fourth-order valence-electron chi connectivity index (χ4n) is 3.51. The Kier molecular flexibility index (Phi) is 6.28. The molecule has 1 fully saturated rings. The molecular weight excluding hydrogens is 354 g/mol. The number of nitrogens with two attached hydrogens (primary N) is 1. The van der Waals surface area contributed by atoms with Crippen LogP contribution in [-0.4, -0.2) is 29.3 Å². The van der Waals surface area contributed by atoms with Crippen LogP contribution in [0.4, 0.5) is 0 Å². The number of amides is 2. The van der Waals surface area contributed by atoms with E-state index in [0.29, 0.717) is 23.4 Å². The molecule has 28 heavy (non-hydrogen) atoms. The number of hydrogen-bond acceptors (Lipinski definition) is 4. The Morgan fingerprint density at radius 3 is 2.79 bits per heavy atom.